The topological polar surface area (TPSA) is 75.7 Å². The molecule has 1 aliphatic rings. The van der Waals surface area contributed by atoms with Crippen molar-refractivity contribution < 1.29 is 19.1 Å². The highest BCUT2D eigenvalue weighted by Crippen LogP contribution is 2.37. The number of ketones is 1. The number of fused-ring (bicyclic) bond motifs is 1. The van der Waals surface area contributed by atoms with E-state index in [4.69, 9.17) is 27.9 Å². The summed E-state index contributed by atoms with van der Waals surface area (Å²) in [5, 5.41) is 3.21. The Balaban J connectivity index is 1.71. The lowest BCUT2D eigenvalue weighted by atomic mass is 10.1. The van der Waals surface area contributed by atoms with E-state index in [1.165, 1.54) is 24.0 Å². The number of halogens is 2. The number of para-hydroxylation sites is 1. The van der Waals surface area contributed by atoms with E-state index in [-0.39, 0.29) is 29.6 Å². The first kappa shape index (κ1) is 19.2. The van der Waals surface area contributed by atoms with Crippen LogP contribution in [0, 0.1) is 0 Å². The summed E-state index contributed by atoms with van der Waals surface area (Å²) in [6, 6.07) is 10.2. The van der Waals surface area contributed by atoms with Crippen LogP contribution in [-0.2, 0) is 16.1 Å². The van der Waals surface area contributed by atoms with Gasteiger partial charge in [0.15, 0.2) is 0 Å². The van der Waals surface area contributed by atoms with E-state index in [1.54, 1.807) is 6.07 Å². The van der Waals surface area contributed by atoms with Crippen molar-refractivity contribution in [1.82, 2.24) is 5.32 Å². The first-order chi connectivity index (χ1) is 12.9. The van der Waals surface area contributed by atoms with Gasteiger partial charge in [0.05, 0.1) is 22.8 Å². The average Bonchev–Trinajstić information content (AvgIpc) is 2.85. The van der Waals surface area contributed by atoms with E-state index < -0.39 is 11.7 Å². The van der Waals surface area contributed by atoms with Gasteiger partial charge in [-0.2, -0.15) is 0 Å². The Bertz CT molecular complexity index is 930. The minimum Gasteiger partial charge on any atom is -0.491 e. The van der Waals surface area contributed by atoms with Crippen LogP contribution in [0.4, 0.5) is 5.69 Å². The van der Waals surface area contributed by atoms with E-state index in [1.807, 2.05) is 18.2 Å². The summed E-state index contributed by atoms with van der Waals surface area (Å²) < 4.78 is 5.77. The van der Waals surface area contributed by atoms with Crippen LogP contribution < -0.4 is 15.0 Å². The van der Waals surface area contributed by atoms with Crippen LogP contribution in [0.5, 0.6) is 5.75 Å². The molecule has 8 heteroatoms. The molecular formula is C19H16Cl2N2O4. The first-order valence-electron chi connectivity index (χ1n) is 8.19. The number of rotatable bonds is 6. The van der Waals surface area contributed by atoms with Crippen molar-refractivity contribution >= 4 is 46.5 Å². The molecule has 2 aromatic carbocycles. The summed E-state index contributed by atoms with van der Waals surface area (Å²) in [7, 11) is 0. The molecule has 0 bridgehead atoms. The minimum absolute atomic E-state index is 0.142. The van der Waals surface area contributed by atoms with Crippen LogP contribution >= 0.6 is 23.2 Å². The zero-order chi connectivity index (χ0) is 19.6. The van der Waals surface area contributed by atoms with Gasteiger partial charge in [-0.25, -0.2) is 0 Å². The van der Waals surface area contributed by atoms with Crippen LogP contribution in [-0.4, -0.2) is 30.7 Å². The van der Waals surface area contributed by atoms with Crippen molar-refractivity contribution in [3.05, 3.63) is 57.6 Å². The molecule has 140 valence electrons. The van der Waals surface area contributed by atoms with Gasteiger partial charge in [-0.05, 0) is 18.2 Å². The zero-order valence-electron chi connectivity index (χ0n) is 14.4. The van der Waals surface area contributed by atoms with E-state index in [0.717, 1.165) is 5.56 Å². The lowest BCUT2D eigenvalue weighted by Gasteiger charge is -2.18. The van der Waals surface area contributed by atoms with Gasteiger partial charge in [-0.1, -0.05) is 41.4 Å². The highest BCUT2D eigenvalue weighted by atomic mass is 35.5. The summed E-state index contributed by atoms with van der Waals surface area (Å²) in [6.07, 6.45) is 0. The second-order valence-electron chi connectivity index (χ2n) is 5.93. The summed E-state index contributed by atoms with van der Waals surface area (Å²) in [6.45, 7) is 2.08. The van der Waals surface area contributed by atoms with Crippen molar-refractivity contribution in [3.63, 3.8) is 0 Å². The fourth-order valence-corrected chi connectivity index (χ4v) is 3.38. The van der Waals surface area contributed by atoms with Gasteiger partial charge in [0.1, 0.15) is 12.4 Å². The number of Topliss-reactive ketones (excluding diaryl/α,β-unsaturated/α-hetero) is 1. The molecule has 0 atom stereocenters. The number of amides is 2. The van der Waals surface area contributed by atoms with Gasteiger partial charge >= 0.3 is 0 Å². The largest absolute Gasteiger partial charge is 0.491 e. The Morgan fingerprint density at radius 3 is 2.67 bits per heavy atom. The average molecular weight is 407 g/mol. The first-order valence-corrected chi connectivity index (χ1v) is 8.94. The molecule has 0 radical (unpaired) electrons. The smallest absolute Gasteiger partial charge is 0.299 e. The summed E-state index contributed by atoms with van der Waals surface area (Å²) in [5.74, 6) is -0.869. The van der Waals surface area contributed by atoms with Crippen molar-refractivity contribution in [2.75, 3.05) is 18.1 Å². The van der Waals surface area contributed by atoms with Gasteiger partial charge in [-0.3, -0.25) is 14.4 Å². The summed E-state index contributed by atoms with van der Waals surface area (Å²) in [4.78, 5) is 36.9. The number of anilines is 1. The third kappa shape index (κ3) is 4.07. The van der Waals surface area contributed by atoms with Crippen LogP contribution in [0.1, 0.15) is 22.8 Å². The molecule has 1 heterocycles. The van der Waals surface area contributed by atoms with E-state index in [0.29, 0.717) is 23.0 Å². The van der Waals surface area contributed by atoms with Gasteiger partial charge in [0.2, 0.25) is 5.91 Å². The number of carbonyl (C=O) groups excluding carboxylic acids is 3. The molecule has 0 aliphatic carbocycles. The highest BCUT2D eigenvalue weighted by Gasteiger charge is 2.37. The minimum atomic E-state index is -0.663. The van der Waals surface area contributed by atoms with Crippen LogP contribution in [0.2, 0.25) is 10.0 Å². The van der Waals surface area contributed by atoms with Gasteiger partial charge in [0.25, 0.3) is 11.7 Å². The number of nitrogens with zero attached hydrogens (tertiary/aromatic N) is 1. The third-order valence-electron chi connectivity index (χ3n) is 4.06. The Hall–Kier alpha value is -2.57. The van der Waals surface area contributed by atoms with Gasteiger partial charge in [0, 0.05) is 24.1 Å². The molecule has 2 amide bonds. The van der Waals surface area contributed by atoms with Crippen molar-refractivity contribution in [1.29, 1.82) is 0 Å². The molecule has 1 N–H and O–H groups in total. The number of benzene rings is 2. The molecule has 27 heavy (non-hydrogen) atoms. The second-order valence-corrected chi connectivity index (χ2v) is 6.78. The van der Waals surface area contributed by atoms with Crippen molar-refractivity contribution in [3.8, 4) is 5.75 Å². The molecule has 0 spiro atoms. The van der Waals surface area contributed by atoms with Crippen LogP contribution in [0.25, 0.3) is 0 Å². The lowest BCUT2D eigenvalue weighted by Crippen LogP contribution is -2.33. The maximum Gasteiger partial charge on any atom is 0.299 e. The molecule has 3 rings (SSSR count). The lowest BCUT2D eigenvalue weighted by molar-refractivity contribution is -0.119. The zero-order valence-corrected chi connectivity index (χ0v) is 15.9. The number of ether oxygens (including phenoxy) is 1. The standard InChI is InChI=1S/C19H16Cl2N2O4/c1-11(24)22-10-12-4-2-3-5-16(12)27-7-6-23-15-9-13(20)8-14(21)17(15)18(25)19(23)26/h2-5,8-9H,6-7,10H2,1H3,(H,22,24). The Labute approximate surface area is 166 Å². The summed E-state index contributed by atoms with van der Waals surface area (Å²) >= 11 is 12.1. The van der Waals surface area contributed by atoms with Crippen molar-refractivity contribution in [2.24, 2.45) is 0 Å². The second kappa shape index (κ2) is 7.98. The molecule has 0 aromatic heterocycles. The van der Waals surface area contributed by atoms with E-state index in [9.17, 15) is 14.4 Å². The number of hydrogen-bond donors (Lipinski definition) is 1. The summed E-state index contributed by atoms with van der Waals surface area (Å²) in [5.41, 5.74) is 1.36. The van der Waals surface area contributed by atoms with E-state index in [2.05, 4.69) is 5.32 Å². The molecular weight excluding hydrogens is 391 g/mol. The number of carbonyl (C=O) groups is 3. The molecule has 0 unspecified atom stereocenters. The SMILES string of the molecule is CC(=O)NCc1ccccc1OCCN1C(=O)C(=O)c2c(Cl)cc(Cl)cc21. The normalized spacial score (nSPS) is 12.9. The fourth-order valence-electron chi connectivity index (χ4n) is 2.82. The maximum absolute atomic E-state index is 12.3. The predicted molar refractivity (Wildman–Crippen MR) is 103 cm³/mol. The number of hydrogen-bond acceptors (Lipinski definition) is 4. The molecule has 0 fully saturated rings. The predicted octanol–water partition coefficient (Wildman–Crippen LogP) is 3.24. The monoisotopic (exact) mass is 406 g/mol. The highest BCUT2D eigenvalue weighted by molar-refractivity contribution is 6.55. The third-order valence-corrected chi connectivity index (χ3v) is 4.58. The molecule has 2 aromatic rings. The molecule has 0 saturated carbocycles. The molecule has 6 nitrogen and oxygen atoms in total. The van der Waals surface area contributed by atoms with Gasteiger partial charge in [-0.15, -0.1) is 0 Å². The Kier molecular flexibility index (Phi) is 5.68. The van der Waals surface area contributed by atoms with Crippen LogP contribution in [0.15, 0.2) is 36.4 Å². The quantitative estimate of drug-likeness (QED) is 0.747. The fraction of sp³-hybridized carbons (Fsp3) is 0.211. The maximum atomic E-state index is 12.3. The molecule has 1 aliphatic heterocycles. The van der Waals surface area contributed by atoms with E-state index >= 15 is 0 Å². The molecule has 0 saturated heterocycles. The van der Waals surface area contributed by atoms with Crippen molar-refractivity contribution in [2.45, 2.75) is 13.5 Å². The Morgan fingerprint density at radius 2 is 1.93 bits per heavy atom. The Morgan fingerprint density at radius 1 is 1.19 bits per heavy atom. The van der Waals surface area contributed by atoms with Gasteiger partial charge < -0.3 is 15.0 Å². The van der Waals surface area contributed by atoms with Crippen LogP contribution in [0.3, 0.4) is 0 Å². The number of nitrogens with one attached hydrogen (secondary N) is 1.